The molecule has 1 unspecified atom stereocenters. The number of nitrogens with two attached hydrogens (primary N) is 1. The number of rotatable bonds is 6. The highest BCUT2D eigenvalue weighted by Gasteiger charge is 2.41. The first-order valence-corrected chi connectivity index (χ1v) is 10.4. The molecular weight excluding hydrogens is 373 g/mol. The van der Waals surface area contributed by atoms with Gasteiger partial charge in [-0.05, 0) is 49.9 Å². The molecule has 2 atom stereocenters. The second-order valence-electron chi connectivity index (χ2n) is 7.13. The van der Waals surface area contributed by atoms with Crippen molar-refractivity contribution >= 4 is 21.7 Å². The molecule has 0 bridgehead atoms. The van der Waals surface area contributed by atoms with Gasteiger partial charge < -0.3 is 11.1 Å². The minimum atomic E-state index is -4.44. The van der Waals surface area contributed by atoms with Crippen LogP contribution in [0.5, 0.6) is 0 Å². The van der Waals surface area contributed by atoms with Gasteiger partial charge in [0.05, 0.1) is 17.5 Å². The zero-order chi connectivity index (χ0) is 20.2. The molecule has 0 spiro atoms. The Balaban J connectivity index is 2.51. The number of carbonyl (C=O) groups is 2. The molecule has 1 aliphatic rings. The lowest BCUT2D eigenvalue weighted by molar-refractivity contribution is -0.135. The Labute approximate surface area is 159 Å². The largest absolute Gasteiger partial charge is 0.320 e. The summed E-state index contributed by atoms with van der Waals surface area (Å²) < 4.78 is 40.6. The van der Waals surface area contributed by atoms with Crippen molar-refractivity contribution in [3.8, 4) is 0 Å². The van der Waals surface area contributed by atoms with Crippen LogP contribution in [0.15, 0.2) is 29.2 Å². The zero-order valence-electron chi connectivity index (χ0n) is 15.5. The molecule has 1 aliphatic heterocycles. The van der Waals surface area contributed by atoms with Gasteiger partial charge in [-0.1, -0.05) is 19.9 Å². The summed E-state index contributed by atoms with van der Waals surface area (Å²) in [6.45, 7) is 4.23. The summed E-state index contributed by atoms with van der Waals surface area (Å²) in [6, 6.07) is 2.16. The van der Waals surface area contributed by atoms with Gasteiger partial charge in [-0.15, -0.1) is 0 Å². The molecule has 2 rings (SSSR count). The smallest absolute Gasteiger partial charge is 0.267 e. The summed E-state index contributed by atoms with van der Waals surface area (Å²) in [5.41, 5.74) is 5.96. The van der Waals surface area contributed by atoms with Crippen LogP contribution in [0.4, 0.5) is 4.39 Å². The van der Waals surface area contributed by atoms with Gasteiger partial charge in [0.1, 0.15) is 11.9 Å². The maximum atomic E-state index is 13.6. The van der Waals surface area contributed by atoms with Gasteiger partial charge in [-0.25, -0.2) is 17.1 Å². The molecule has 9 heteroatoms. The number of halogens is 1. The third kappa shape index (κ3) is 5.12. The van der Waals surface area contributed by atoms with Crippen molar-refractivity contribution in [3.05, 3.63) is 30.1 Å². The first kappa shape index (κ1) is 21.5. The summed E-state index contributed by atoms with van der Waals surface area (Å²) >= 11 is 0. The molecule has 27 heavy (non-hydrogen) atoms. The second kappa shape index (κ2) is 8.90. The summed E-state index contributed by atoms with van der Waals surface area (Å²) in [4.78, 5) is 25.1. The van der Waals surface area contributed by atoms with Crippen LogP contribution in [0.25, 0.3) is 0 Å². The van der Waals surface area contributed by atoms with Crippen molar-refractivity contribution < 1.29 is 22.4 Å². The van der Waals surface area contributed by atoms with E-state index in [1.807, 2.05) is 13.8 Å². The minimum Gasteiger partial charge on any atom is -0.320 e. The average molecular weight is 399 g/mol. The van der Waals surface area contributed by atoms with Crippen molar-refractivity contribution in [2.75, 3.05) is 13.1 Å². The Morgan fingerprint density at radius 2 is 2.11 bits per heavy atom. The van der Waals surface area contributed by atoms with Gasteiger partial charge in [0.25, 0.3) is 15.9 Å². The number of hydrogen-bond donors (Lipinski definition) is 2. The fraction of sp³-hybridized carbons (Fsp3) is 0.556. The van der Waals surface area contributed by atoms with Crippen molar-refractivity contribution in [2.24, 2.45) is 11.7 Å². The fourth-order valence-corrected chi connectivity index (χ4v) is 4.78. The van der Waals surface area contributed by atoms with E-state index in [2.05, 4.69) is 5.32 Å². The molecule has 150 valence electrons. The molecule has 3 N–H and O–H groups in total. The van der Waals surface area contributed by atoms with Gasteiger partial charge in [0.15, 0.2) is 5.78 Å². The number of sulfonamides is 1. The van der Waals surface area contributed by atoms with E-state index in [1.165, 1.54) is 12.1 Å². The monoisotopic (exact) mass is 399 g/mol. The van der Waals surface area contributed by atoms with Gasteiger partial charge in [0.2, 0.25) is 0 Å². The number of Topliss-reactive ketones (excluding diaryl/α,β-unsaturated/α-hetero) is 1. The number of nitrogens with zero attached hydrogens (tertiary/aromatic N) is 1. The number of amides is 1. The van der Waals surface area contributed by atoms with E-state index in [9.17, 15) is 22.4 Å². The summed E-state index contributed by atoms with van der Waals surface area (Å²) in [6.07, 6.45) is 0.992. The maximum Gasteiger partial charge on any atom is 0.267 e. The van der Waals surface area contributed by atoms with Crippen LogP contribution in [0.2, 0.25) is 0 Å². The molecular formula is C18H26FN3O4S. The standard InChI is InChI=1S/C18H26FN3O4S/c1-12(2)9-15(20)18(24)22(16-7-4-8-21-11-17(16)23)27(25,26)14-6-3-5-13(19)10-14/h3,5-6,10,12,15-16,21H,4,7-9,11,20H2,1-2H3/t15-,16?/m0/s1. The second-order valence-corrected chi connectivity index (χ2v) is 8.95. The number of hydrogen-bond acceptors (Lipinski definition) is 6. The van der Waals surface area contributed by atoms with Crippen LogP contribution >= 0.6 is 0 Å². The third-order valence-electron chi connectivity index (χ3n) is 4.40. The molecule has 1 aromatic rings. The molecule has 7 nitrogen and oxygen atoms in total. The highest BCUT2D eigenvalue weighted by Crippen LogP contribution is 2.24. The van der Waals surface area contributed by atoms with Gasteiger partial charge in [-0.2, -0.15) is 0 Å². The lowest BCUT2D eigenvalue weighted by atomic mass is 10.0. The maximum absolute atomic E-state index is 13.6. The lowest BCUT2D eigenvalue weighted by Gasteiger charge is -2.31. The highest BCUT2D eigenvalue weighted by atomic mass is 32.2. The van der Waals surface area contributed by atoms with Crippen LogP contribution in [-0.4, -0.2) is 49.6 Å². The predicted octanol–water partition coefficient (Wildman–Crippen LogP) is 1.04. The molecule has 1 fully saturated rings. The Bertz CT molecular complexity index is 798. The summed E-state index contributed by atoms with van der Waals surface area (Å²) in [5, 5.41) is 2.91. The van der Waals surface area contributed by atoms with E-state index < -0.39 is 39.6 Å². The Morgan fingerprint density at radius 1 is 1.41 bits per heavy atom. The molecule has 1 saturated heterocycles. The molecule has 0 aromatic heterocycles. The van der Waals surface area contributed by atoms with Crippen molar-refractivity contribution in [1.82, 2.24) is 9.62 Å². The Kier molecular flexibility index (Phi) is 7.07. The number of ketones is 1. The molecule has 0 aliphatic carbocycles. The van der Waals surface area contributed by atoms with E-state index in [4.69, 9.17) is 5.73 Å². The summed E-state index contributed by atoms with van der Waals surface area (Å²) in [7, 11) is -4.44. The Morgan fingerprint density at radius 3 is 2.74 bits per heavy atom. The van der Waals surface area contributed by atoms with Crippen molar-refractivity contribution in [2.45, 2.75) is 50.1 Å². The topological polar surface area (TPSA) is 110 Å². The van der Waals surface area contributed by atoms with Crippen LogP contribution in [0.1, 0.15) is 33.1 Å². The fourth-order valence-electron chi connectivity index (χ4n) is 3.11. The van der Waals surface area contributed by atoms with E-state index in [0.717, 1.165) is 12.1 Å². The van der Waals surface area contributed by atoms with Crippen LogP contribution in [-0.2, 0) is 19.6 Å². The SMILES string of the molecule is CC(C)C[C@H](N)C(=O)N(C1CCCNCC1=O)S(=O)(=O)c1cccc(F)c1. The predicted molar refractivity (Wildman–Crippen MR) is 98.8 cm³/mol. The van der Waals surface area contributed by atoms with Gasteiger partial charge in [-0.3, -0.25) is 9.59 Å². The van der Waals surface area contributed by atoms with Gasteiger partial charge >= 0.3 is 0 Å². The molecule has 1 amide bonds. The summed E-state index contributed by atoms with van der Waals surface area (Å²) in [5.74, 6) is -1.93. The van der Waals surface area contributed by atoms with E-state index in [1.54, 1.807) is 0 Å². The van der Waals surface area contributed by atoms with Crippen molar-refractivity contribution in [1.29, 1.82) is 0 Å². The van der Waals surface area contributed by atoms with Crippen LogP contribution in [0, 0.1) is 11.7 Å². The minimum absolute atomic E-state index is 0.0352. The molecule has 0 radical (unpaired) electrons. The molecule has 1 aromatic carbocycles. The van der Waals surface area contributed by atoms with E-state index in [-0.39, 0.29) is 30.2 Å². The molecule has 1 heterocycles. The van der Waals surface area contributed by atoms with Crippen molar-refractivity contribution in [3.63, 3.8) is 0 Å². The molecule has 0 saturated carbocycles. The zero-order valence-corrected chi connectivity index (χ0v) is 16.3. The average Bonchev–Trinajstić information content (AvgIpc) is 2.79. The number of benzene rings is 1. The lowest BCUT2D eigenvalue weighted by Crippen LogP contribution is -2.54. The number of carbonyl (C=O) groups excluding carboxylic acids is 2. The number of nitrogens with one attached hydrogen (secondary N) is 1. The first-order chi connectivity index (χ1) is 12.6. The normalized spacial score (nSPS) is 19.6. The third-order valence-corrected chi connectivity index (χ3v) is 6.20. The van der Waals surface area contributed by atoms with E-state index >= 15 is 0 Å². The highest BCUT2D eigenvalue weighted by molar-refractivity contribution is 7.89. The van der Waals surface area contributed by atoms with Gasteiger partial charge in [0, 0.05) is 0 Å². The van der Waals surface area contributed by atoms with E-state index in [0.29, 0.717) is 17.3 Å². The quantitative estimate of drug-likeness (QED) is 0.740. The first-order valence-electron chi connectivity index (χ1n) is 8.97. The van der Waals surface area contributed by atoms with Crippen LogP contribution in [0.3, 0.4) is 0 Å². The Hall–Kier alpha value is -1.84. The van der Waals surface area contributed by atoms with Crippen LogP contribution < -0.4 is 11.1 Å².